The Hall–Kier alpha value is -5.81. The van der Waals surface area contributed by atoms with Crippen LogP contribution in [-0.2, 0) is 82.3 Å². The number of hydrogen-bond acceptors (Lipinski definition) is 10. The molecule has 0 bridgehead atoms. The zero-order valence-electron chi connectivity index (χ0n) is 43.5. The molecule has 2 heterocycles. The van der Waals surface area contributed by atoms with E-state index in [2.05, 4.69) is 0 Å². The van der Waals surface area contributed by atoms with Crippen LogP contribution in [0.3, 0.4) is 0 Å². The largest absolute Gasteiger partial charge is 0.456 e. The quantitative estimate of drug-likeness (QED) is 0.0378. The molecule has 0 amide bonds. The molecule has 2 aliphatic rings. The first-order valence-electron chi connectivity index (χ1n) is 26.0. The lowest BCUT2D eigenvalue weighted by molar-refractivity contribution is -0.334. The number of ether oxygens (including phenoxy) is 8. The average molecular weight is 1050 g/mol. The predicted octanol–water partition coefficient (Wildman–Crippen LogP) is 12.5. The van der Waals surface area contributed by atoms with E-state index in [0.29, 0.717) is 24.0 Å². The van der Waals surface area contributed by atoms with E-state index in [4.69, 9.17) is 37.9 Å². The second-order valence-corrected chi connectivity index (χ2v) is 19.3. The molecular formula is C62H70F4O10. The fraction of sp³-hybridized carbons (Fsp3) is 0.403. The summed E-state index contributed by atoms with van der Waals surface area (Å²) in [5, 5.41) is 10.6. The highest BCUT2D eigenvalue weighted by atomic mass is 19.3. The Balaban J connectivity index is 0.000000221. The third kappa shape index (κ3) is 15.7. The number of carbonyl (C=O) groups excluding carboxylic acids is 1. The summed E-state index contributed by atoms with van der Waals surface area (Å²) in [7, 11) is 0. The van der Waals surface area contributed by atoms with Gasteiger partial charge in [-0.25, -0.2) is 4.79 Å². The zero-order chi connectivity index (χ0) is 53.9. The highest BCUT2D eigenvalue weighted by molar-refractivity contribution is 5.78. The normalized spacial score (nSPS) is 24.2. The maximum atomic E-state index is 15.9. The molecule has 2 saturated heterocycles. The number of esters is 1. The molecule has 0 spiro atoms. The van der Waals surface area contributed by atoms with Crippen molar-refractivity contribution in [3.05, 3.63) is 215 Å². The minimum absolute atomic E-state index is 0.0647. The first kappa shape index (κ1) is 57.9. The van der Waals surface area contributed by atoms with Gasteiger partial charge in [0.2, 0.25) is 6.29 Å². The van der Waals surface area contributed by atoms with E-state index in [1.807, 2.05) is 155 Å². The van der Waals surface area contributed by atoms with Gasteiger partial charge >= 0.3 is 17.8 Å². The van der Waals surface area contributed by atoms with Gasteiger partial charge in [-0.05, 0) is 46.2 Å². The molecule has 11 atom stereocenters. The van der Waals surface area contributed by atoms with Crippen LogP contribution in [0.25, 0.3) is 0 Å². The predicted molar refractivity (Wildman–Crippen MR) is 280 cm³/mol. The van der Waals surface area contributed by atoms with Crippen LogP contribution in [0.5, 0.6) is 0 Å². The third-order valence-electron chi connectivity index (χ3n) is 13.8. The molecule has 1 N–H and O–H groups in total. The van der Waals surface area contributed by atoms with Crippen molar-refractivity contribution in [2.24, 2.45) is 11.8 Å². The second kappa shape index (κ2) is 28.5. The molecule has 406 valence electrons. The van der Waals surface area contributed by atoms with Crippen molar-refractivity contribution in [1.29, 1.82) is 0 Å². The van der Waals surface area contributed by atoms with Crippen molar-refractivity contribution in [3.63, 3.8) is 0 Å². The molecule has 76 heavy (non-hydrogen) atoms. The van der Waals surface area contributed by atoms with E-state index in [9.17, 15) is 9.90 Å². The van der Waals surface area contributed by atoms with Crippen LogP contribution < -0.4 is 0 Å². The molecule has 8 rings (SSSR count). The summed E-state index contributed by atoms with van der Waals surface area (Å²) >= 11 is 0. The first-order valence-corrected chi connectivity index (χ1v) is 26.0. The van der Waals surface area contributed by atoms with Gasteiger partial charge in [-0.3, -0.25) is 0 Å². The van der Waals surface area contributed by atoms with Crippen molar-refractivity contribution in [3.8, 4) is 0 Å². The molecule has 2 aliphatic heterocycles. The van der Waals surface area contributed by atoms with Crippen LogP contribution in [-0.4, -0.2) is 78.0 Å². The number of aliphatic hydroxyl groups is 1. The van der Waals surface area contributed by atoms with Crippen molar-refractivity contribution >= 4 is 5.97 Å². The number of hydrogen-bond donors (Lipinski definition) is 1. The number of carbonyl (C=O) groups is 1. The number of alkyl halides is 4. The lowest BCUT2D eigenvalue weighted by atomic mass is 9.84. The molecule has 6 aromatic rings. The topological polar surface area (TPSA) is 111 Å². The van der Waals surface area contributed by atoms with Gasteiger partial charge in [0.15, 0.2) is 12.2 Å². The van der Waals surface area contributed by atoms with Crippen LogP contribution in [0.1, 0.15) is 73.9 Å². The fourth-order valence-electron chi connectivity index (χ4n) is 9.54. The minimum atomic E-state index is -3.96. The third-order valence-corrected chi connectivity index (χ3v) is 13.8. The smallest absolute Gasteiger partial charge is 0.380 e. The number of aliphatic hydroxyl groups excluding tert-OH is 1. The van der Waals surface area contributed by atoms with E-state index in [-0.39, 0.29) is 51.5 Å². The fourth-order valence-corrected chi connectivity index (χ4v) is 9.54. The Morgan fingerprint density at radius 2 is 0.750 bits per heavy atom. The summed E-state index contributed by atoms with van der Waals surface area (Å²) < 4.78 is 110. The molecule has 10 nitrogen and oxygen atoms in total. The summed E-state index contributed by atoms with van der Waals surface area (Å²) in [6, 6.07) is 55.3. The van der Waals surface area contributed by atoms with E-state index >= 15 is 17.6 Å². The Morgan fingerprint density at radius 3 is 1.09 bits per heavy atom. The van der Waals surface area contributed by atoms with Crippen LogP contribution >= 0.6 is 0 Å². The molecule has 14 heteroatoms. The molecular weight excluding hydrogens is 981 g/mol. The highest BCUT2D eigenvalue weighted by Crippen LogP contribution is 2.42. The number of benzene rings is 6. The van der Waals surface area contributed by atoms with Crippen molar-refractivity contribution < 1.29 is 65.4 Å². The van der Waals surface area contributed by atoms with E-state index in [1.54, 1.807) is 54.6 Å². The molecule has 6 aromatic carbocycles. The minimum Gasteiger partial charge on any atom is -0.456 e. The van der Waals surface area contributed by atoms with Crippen molar-refractivity contribution in [2.75, 3.05) is 0 Å². The molecule has 1 unspecified atom stereocenters. The molecule has 0 aromatic heterocycles. The van der Waals surface area contributed by atoms with E-state index in [0.717, 1.165) is 22.3 Å². The van der Waals surface area contributed by atoms with Crippen molar-refractivity contribution in [2.45, 2.75) is 147 Å². The summed E-state index contributed by atoms with van der Waals surface area (Å²) in [5.41, 5.74) is 4.77. The van der Waals surface area contributed by atoms with E-state index < -0.39 is 72.9 Å². The monoisotopic (exact) mass is 1050 g/mol. The van der Waals surface area contributed by atoms with Crippen LogP contribution in [0, 0.1) is 11.8 Å². The maximum Gasteiger partial charge on any atom is 0.380 e. The van der Waals surface area contributed by atoms with Gasteiger partial charge in [-0.2, -0.15) is 17.6 Å². The molecule has 0 saturated carbocycles. The number of rotatable bonds is 23. The Kier molecular flexibility index (Phi) is 21.7. The zero-order valence-corrected chi connectivity index (χ0v) is 43.5. The maximum absolute atomic E-state index is 15.9. The van der Waals surface area contributed by atoms with Gasteiger partial charge < -0.3 is 43.0 Å². The van der Waals surface area contributed by atoms with Gasteiger partial charge in [0.1, 0.15) is 18.8 Å². The van der Waals surface area contributed by atoms with Gasteiger partial charge in [0.25, 0.3) is 0 Å². The van der Waals surface area contributed by atoms with Gasteiger partial charge in [-0.1, -0.05) is 210 Å². The first-order chi connectivity index (χ1) is 36.8. The van der Waals surface area contributed by atoms with Crippen LogP contribution in [0.15, 0.2) is 182 Å². The lowest BCUT2D eigenvalue weighted by Crippen LogP contribution is -2.63. The Labute approximate surface area is 444 Å². The summed E-state index contributed by atoms with van der Waals surface area (Å²) in [6.45, 7) is 7.77. The molecule has 0 aliphatic carbocycles. The van der Waals surface area contributed by atoms with Crippen LogP contribution in [0.4, 0.5) is 17.6 Å². The SMILES string of the molecule is CC[C@H]1O[C@H](C(F)(F)C(=O)OCc2ccccc2)[C@H](OCc2ccccc2)[C@@H](OCc2ccccc2)[C@H]1C.CC[C@H]1O[C@H](C(F)(F)C(O)OCc2ccccc2)[C@H](OCc2ccccc2)[C@@H](OCc2ccccc2)[C@H]1C. The second-order valence-electron chi connectivity index (χ2n) is 19.3. The summed E-state index contributed by atoms with van der Waals surface area (Å²) in [5.74, 6) is -9.85. The summed E-state index contributed by atoms with van der Waals surface area (Å²) in [4.78, 5) is 12.8. The number of halogens is 4. The lowest BCUT2D eigenvalue weighted by Gasteiger charge is -2.48. The van der Waals surface area contributed by atoms with Crippen molar-refractivity contribution in [1.82, 2.24) is 0 Å². The molecule has 2 fully saturated rings. The van der Waals surface area contributed by atoms with E-state index in [1.165, 1.54) is 0 Å². The molecule has 0 radical (unpaired) electrons. The van der Waals surface area contributed by atoms with Gasteiger partial charge in [0.05, 0.1) is 57.5 Å². The van der Waals surface area contributed by atoms with Crippen LogP contribution in [0.2, 0.25) is 0 Å². The highest BCUT2D eigenvalue weighted by Gasteiger charge is 2.61. The Bertz CT molecular complexity index is 2570. The van der Waals surface area contributed by atoms with Gasteiger partial charge in [-0.15, -0.1) is 0 Å². The summed E-state index contributed by atoms with van der Waals surface area (Å²) in [6.07, 6.45) is -9.93. The van der Waals surface area contributed by atoms with Gasteiger partial charge in [0, 0.05) is 11.8 Å². The average Bonchev–Trinajstić information content (AvgIpc) is 3.47. The Morgan fingerprint density at radius 1 is 0.461 bits per heavy atom. The standard InChI is InChI=1S/C31H36F2O5.C31H34F2O5/c2*1-3-26-22(2)27(35-19-23-13-7-4-8-14-23)28(36-20-24-15-9-5-10-16-24)29(38-26)31(32,33)30(34)37-21-25-17-11-6-12-18-25/h4-18,22,26-30,34H,3,19-21H2,1-2H3;4-18,22,26-29H,3,19-21H2,1-2H3/t22-,26+,27-,28+,29-,30?;22-,26+,27-,28+,29-/m00/s1.